The molecule has 0 unspecified atom stereocenters. The van der Waals surface area contributed by atoms with Gasteiger partial charge in [-0.1, -0.05) is 35.5 Å². The highest BCUT2D eigenvalue weighted by Crippen LogP contribution is 2.26. The van der Waals surface area contributed by atoms with E-state index in [4.69, 9.17) is 4.74 Å². The minimum absolute atomic E-state index is 0.0992. The first-order valence-corrected chi connectivity index (χ1v) is 11.2. The number of nitrogens with zero attached hydrogens (tertiary/aromatic N) is 3. The van der Waals surface area contributed by atoms with Gasteiger partial charge in [0.2, 0.25) is 11.8 Å². The molecule has 0 radical (unpaired) electrons. The van der Waals surface area contributed by atoms with Crippen LogP contribution in [0.2, 0.25) is 0 Å². The quantitative estimate of drug-likeness (QED) is 0.478. The molecule has 3 rings (SSSR count). The lowest BCUT2D eigenvalue weighted by Crippen LogP contribution is -2.18. The summed E-state index contributed by atoms with van der Waals surface area (Å²) < 4.78 is 7.15. The summed E-state index contributed by atoms with van der Waals surface area (Å²) in [5, 5.41) is 14.7. The molecule has 3 aromatic rings. The van der Waals surface area contributed by atoms with Crippen molar-refractivity contribution in [1.29, 1.82) is 0 Å². The molecule has 8 nitrogen and oxygen atoms in total. The Balaban J connectivity index is 1.59. The zero-order valence-corrected chi connectivity index (χ0v) is 19.5. The Bertz CT molecular complexity index is 1100. The van der Waals surface area contributed by atoms with Crippen molar-refractivity contribution >= 4 is 35.0 Å². The zero-order valence-electron chi connectivity index (χ0n) is 18.6. The molecule has 0 bridgehead atoms. The van der Waals surface area contributed by atoms with E-state index in [2.05, 4.69) is 20.8 Å². The summed E-state index contributed by atoms with van der Waals surface area (Å²) in [4.78, 5) is 24.9. The Morgan fingerprint density at radius 2 is 1.72 bits per heavy atom. The highest BCUT2D eigenvalue weighted by Gasteiger charge is 2.16. The van der Waals surface area contributed by atoms with Crippen LogP contribution in [0, 0.1) is 13.8 Å². The van der Waals surface area contributed by atoms with Gasteiger partial charge in [-0.05, 0) is 50.6 Å². The third-order valence-electron chi connectivity index (χ3n) is 4.73. The summed E-state index contributed by atoms with van der Waals surface area (Å²) in [5.41, 5.74) is 3.51. The number of ether oxygens (including phenoxy) is 1. The average molecular weight is 454 g/mol. The second kappa shape index (κ2) is 10.8. The summed E-state index contributed by atoms with van der Waals surface area (Å²) in [6, 6.07) is 13.2. The van der Waals surface area contributed by atoms with Gasteiger partial charge in [-0.15, -0.1) is 10.2 Å². The van der Waals surface area contributed by atoms with Crippen LogP contribution in [0.3, 0.4) is 0 Å². The van der Waals surface area contributed by atoms with Gasteiger partial charge in [0.15, 0.2) is 5.16 Å². The lowest BCUT2D eigenvalue weighted by molar-refractivity contribution is -0.116. The van der Waals surface area contributed by atoms with E-state index in [1.807, 2.05) is 67.8 Å². The number of methoxy groups -OCH3 is 1. The number of rotatable bonds is 9. The van der Waals surface area contributed by atoms with Crippen LogP contribution in [0.4, 0.5) is 11.4 Å². The number of hydrogen-bond acceptors (Lipinski definition) is 6. The number of carbonyl (C=O) groups excluding carboxylic acids is 2. The smallest absolute Gasteiger partial charge is 0.234 e. The Labute approximate surface area is 191 Å². The summed E-state index contributed by atoms with van der Waals surface area (Å²) in [7, 11) is 1.56. The third-order valence-corrected chi connectivity index (χ3v) is 5.69. The minimum Gasteiger partial charge on any atom is -0.495 e. The van der Waals surface area contributed by atoms with Crippen LogP contribution in [0.1, 0.15) is 23.9 Å². The van der Waals surface area contributed by atoms with Gasteiger partial charge in [-0.3, -0.25) is 9.59 Å². The summed E-state index contributed by atoms with van der Waals surface area (Å²) in [6.07, 6.45) is 0.0992. The number of carbonyl (C=O) groups is 2. The minimum atomic E-state index is -0.178. The first-order chi connectivity index (χ1) is 15.4. The fraction of sp³-hybridized carbons (Fsp3) is 0.304. The molecule has 1 aromatic heterocycles. The zero-order chi connectivity index (χ0) is 23.1. The van der Waals surface area contributed by atoms with Crippen molar-refractivity contribution in [3.63, 3.8) is 0 Å². The van der Waals surface area contributed by atoms with E-state index >= 15 is 0 Å². The van der Waals surface area contributed by atoms with E-state index in [1.165, 1.54) is 11.8 Å². The molecule has 2 N–H and O–H groups in total. The van der Waals surface area contributed by atoms with Gasteiger partial charge in [0.05, 0.1) is 25.0 Å². The maximum Gasteiger partial charge on any atom is 0.234 e. The van der Waals surface area contributed by atoms with Crippen molar-refractivity contribution in [3.8, 4) is 5.75 Å². The van der Waals surface area contributed by atoms with E-state index in [1.54, 1.807) is 7.11 Å². The van der Waals surface area contributed by atoms with Gasteiger partial charge in [0, 0.05) is 12.2 Å². The topological polar surface area (TPSA) is 98.1 Å². The van der Waals surface area contributed by atoms with Crippen LogP contribution in [0.5, 0.6) is 5.75 Å². The third kappa shape index (κ3) is 6.10. The maximum absolute atomic E-state index is 12.5. The number of benzene rings is 2. The summed E-state index contributed by atoms with van der Waals surface area (Å²) in [6.45, 7) is 6.48. The van der Waals surface area contributed by atoms with E-state index in [9.17, 15) is 9.59 Å². The van der Waals surface area contributed by atoms with Gasteiger partial charge in [-0.25, -0.2) is 0 Å². The first kappa shape index (κ1) is 23.3. The Morgan fingerprint density at radius 1 is 1.00 bits per heavy atom. The lowest BCUT2D eigenvalue weighted by atomic mass is 10.2. The van der Waals surface area contributed by atoms with Crippen molar-refractivity contribution < 1.29 is 14.3 Å². The number of aryl methyl sites for hydroxylation is 2. The predicted molar refractivity (Wildman–Crippen MR) is 126 cm³/mol. The first-order valence-electron chi connectivity index (χ1n) is 10.3. The van der Waals surface area contributed by atoms with E-state index < -0.39 is 0 Å². The van der Waals surface area contributed by atoms with Gasteiger partial charge in [0.25, 0.3) is 0 Å². The average Bonchev–Trinajstić information content (AvgIpc) is 3.15. The Morgan fingerprint density at radius 3 is 2.41 bits per heavy atom. The second-order valence-electron chi connectivity index (χ2n) is 7.27. The largest absolute Gasteiger partial charge is 0.495 e. The van der Waals surface area contributed by atoms with Crippen molar-refractivity contribution in [2.45, 2.75) is 38.9 Å². The predicted octanol–water partition coefficient (Wildman–Crippen LogP) is 3.84. The number of thioether (sulfide) groups is 1. The summed E-state index contributed by atoms with van der Waals surface area (Å²) in [5.74, 6) is 0.970. The SMILES string of the molecule is CCn1c(CC(=O)Nc2ccc(C)cc2)nnc1SCC(=O)Nc1cc(C)ccc1OC. The van der Waals surface area contributed by atoms with Crippen molar-refractivity contribution in [1.82, 2.24) is 14.8 Å². The molecule has 0 saturated carbocycles. The Hall–Kier alpha value is -3.33. The molecule has 168 valence electrons. The molecule has 9 heteroatoms. The van der Waals surface area contributed by atoms with Crippen molar-refractivity contribution in [3.05, 3.63) is 59.4 Å². The molecule has 0 aliphatic rings. The van der Waals surface area contributed by atoms with Crippen LogP contribution >= 0.6 is 11.8 Å². The number of hydrogen-bond donors (Lipinski definition) is 2. The molecule has 0 atom stereocenters. The van der Waals surface area contributed by atoms with Crippen molar-refractivity contribution in [2.75, 3.05) is 23.5 Å². The molecule has 2 aromatic carbocycles. The van der Waals surface area contributed by atoms with Crippen LogP contribution < -0.4 is 15.4 Å². The highest BCUT2D eigenvalue weighted by atomic mass is 32.2. The number of amides is 2. The highest BCUT2D eigenvalue weighted by molar-refractivity contribution is 7.99. The van der Waals surface area contributed by atoms with E-state index in [0.717, 1.165) is 16.8 Å². The van der Waals surface area contributed by atoms with E-state index in [-0.39, 0.29) is 24.0 Å². The van der Waals surface area contributed by atoms with Crippen LogP contribution in [0.25, 0.3) is 0 Å². The molecule has 0 aliphatic heterocycles. The molecular formula is C23H27N5O3S. The Kier molecular flexibility index (Phi) is 7.88. The number of nitrogens with one attached hydrogen (secondary N) is 2. The molecule has 0 fully saturated rings. The van der Waals surface area contributed by atoms with Crippen molar-refractivity contribution in [2.24, 2.45) is 0 Å². The molecule has 32 heavy (non-hydrogen) atoms. The fourth-order valence-corrected chi connectivity index (χ4v) is 3.92. The normalized spacial score (nSPS) is 10.6. The number of aromatic nitrogens is 3. The molecule has 0 saturated heterocycles. The monoisotopic (exact) mass is 453 g/mol. The standard InChI is InChI=1S/C23H27N5O3S/c1-5-28-20(13-21(29)24-17-9-6-15(2)7-10-17)26-27-23(28)32-14-22(30)25-18-12-16(3)8-11-19(18)31-4/h6-12H,5,13-14H2,1-4H3,(H,24,29)(H,25,30). The van der Waals surface area contributed by atoms with Gasteiger partial charge < -0.3 is 19.9 Å². The van der Waals surface area contributed by atoms with Gasteiger partial charge in [0.1, 0.15) is 11.6 Å². The second-order valence-corrected chi connectivity index (χ2v) is 8.22. The van der Waals surface area contributed by atoms with Crippen LogP contribution in [0.15, 0.2) is 47.6 Å². The molecule has 1 heterocycles. The van der Waals surface area contributed by atoms with Crippen LogP contribution in [-0.4, -0.2) is 39.4 Å². The van der Waals surface area contributed by atoms with Crippen LogP contribution in [-0.2, 0) is 22.6 Å². The van der Waals surface area contributed by atoms with Gasteiger partial charge >= 0.3 is 0 Å². The fourth-order valence-electron chi connectivity index (χ4n) is 3.10. The number of anilines is 2. The maximum atomic E-state index is 12.5. The lowest BCUT2D eigenvalue weighted by Gasteiger charge is -2.11. The molecule has 0 aliphatic carbocycles. The van der Waals surface area contributed by atoms with Gasteiger partial charge in [-0.2, -0.15) is 0 Å². The van der Waals surface area contributed by atoms with E-state index in [0.29, 0.717) is 29.0 Å². The molecular weight excluding hydrogens is 426 g/mol. The molecule has 0 spiro atoms. The summed E-state index contributed by atoms with van der Waals surface area (Å²) >= 11 is 1.27. The molecule has 2 amide bonds.